The van der Waals surface area contributed by atoms with E-state index in [2.05, 4.69) is 9.97 Å². The molecule has 11 heteroatoms. The second-order valence-corrected chi connectivity index (χ2v) is 10.4. The van der Waals surface area contributed by atoms with Crippen molar-refractivity contribution in [1.82, 2.24) is 14.5 Å². The number of rotatable bonds is 8. The van der Waals surface area contributed by atoms with Gasteiger partial charge < -0.3 is 9.84 Å². The van der Waals surface area contributed by atoms with E-state index in [1.807, 2.05) is 0 Å². The minimum atomic E-state index is -4.73. The van der Waals surface area contributed by atoms with Gasteiger partial charge in [0.15, 0.2) is 4.90 Å². The van der Waals surface area contributed by atoms with Gasteiger partial charge in [0.1, 0.15) is 18.2 Å². The summed E-state index contributed by atoms with van der Waals surface area (Å²) in [5.41, 5.74) is -0.253. The third-order valence-electron chi connectivity index (χ3n) is 6.19. The molecular formula is C27H25F2N3O5S. The molecule has 198 valence electrons. The summed E-state index contributed by atoms with van der Waals surface area (Å²) < 4.78 is 62.8. The number of aromatic hydroxyl groups is 1. The van der Waals surface area contributed by atoms with Gasteiger partial charge in [0.2, 0.25) is 21.7 Å². The molecule has 0 bridgehead atoms. The van der Waals surface area contributed by atoms with Crippen LogP contribution in [0, 0.1) is 18.7 Å². The minimum Gasteiger partial charge on any atom is -0.493 e. The molecule has 38 heavy (non-hydrogen) atoms. The summed E-state index contributed by atoms with van der Waals surface area (Å²) in [5, 5.41) is 11.2. The molecule has 0 radical (unpaired) electrons. The average Bonchev–Trinajstić information content (AvgIpc) is 2.89. The molecule has 4 aromatic rings. The fourth-order valence-corrected chi connectivity index (χ4v) is 5.52. The first-order valence-corrected chi connectivity index (χ1v) is 13.2. The highest BCUT2D eigenvalue weighted by Crippen LogP contribution is 2.34. The van der Waals surface area contributed by atoms with Crippen LogP contribution in [0.25, 0.3) is 11.1 Å². The first-order chi connectivity index (χ1) is 18.1. The predicted molar refractivity (Wildman–Crippen MR) is 136 cm³/mol. The number of aromatic nitrogens is 3. The van der Waals surface area contributed by atoms with Crippen molar-refractivity contribution in [1.29, 1.82) is 0 Å². The van der Waals surface area contributed by atoms with E-state index in [0.717, 1.165) is 12.1 Å². The number of halogens is 2. The van der Waals surface area contributed by atoms with Crippen molar-refractivity contribution in [3.05, 3.63) is 99.9 Å². The highest BCUT2D eigenvalue weighted by molar-refractivity contribution is 7.91. The third-order valence-corrected chi connectivity index (χ3v) is 7.96. The maximum Gasteiger partial charge on any atom is 0.296 e. The van der Waals surface area contributed by atoms with Crippen molar-refractivity contribution < 1.29 is 27.0 Å². The van der Waals surface area contributed by atoms with Crippen molar-refractivity contribution in [2.45, 2.75) is 43.2 Å². The van der Waals surface area contributed by atoms with Gasteiger partial charge >= 0.3 is 0 Å². The Morgan fingerprint density at radius 3 is 2.45 bits per heavy atom. The smallest absolute Gasteiger partial charge is 0.296 e. The topological polar surface area (TPSA) is 111 Å². The zero-order chi connectivity index (χ0) is 27.6. The molecule has 2 aromatic heterocycles. The maximum atomic E-state index is 15.1. The molecule has 0 amide bonds. The van der Waals surface area contributed by atoms with E-state index in [1.54, 1.807) is 44.2 Å². The van der Waals surface area contributed by atoms with Crippen LogP contribution in [0.5, 0.6) is 5.88 Å². The Bertz CT molecular complexity index is 1660. The van der Waals surface area contributed by atoms with Crippen molar-refractivity contribution in [2.24, 2.45) is 0 Å². The quantitative estimate of drug-likeness (QED) is 0.325. The predicted octanol–water partition coefficient (Wildman–Crippen LogP) is 4.58. The molecule has 8 nitrogen and oxygen atoms in total. The number of nitrogens with zero attached hydrogens (tertiary/aromatic N) is 3. The summed E-state index contributed by atoms with van der Waals surface area (Å²) in [6.45, 7) is 5.01. The minimum absolute atomic E-state index is 0.0290. The fraction of sp³-hybridized carbons (Fsp3) is 0.222. The van der Waals surface area contributed by atoms with E-state index in [9.17, 15) is 22.7 Å². The molecule has 0 spiro atoms. The Kier molecular flexibility index (Phi) is 7.70. The third kappa shape index (κ3) is 4.94. The van der Waals surface area contributed by atoms with E-state index in [4.69, 9.17) is 4.74 Å². The summed E-state index contributed by atoms with van der Waals surface area (Å²) >= 11 is 0. The van der Waals surface area contributed by atoms with E-state index >= 15 is 4.39 Å². The lowest BCUT2D eigenvalue weighted by Gasteiger charge is -2.23. The lowest BCUT2D eigenvalue weighted by molar-refractivity contribution is 0.122. The van der Waals surface area contributed by atoms with Crippen LogP contribution in [-0.2, 0) is 21.2 Å². The number of pyridine rings is 1. The highest BCUT2D eigenvalue weighted by Gasteiger charge is 2.32. The highest BCUT2D eigenvalue weighted by atomic mass is 32.2. The van der Waals surface area contributed by atoms with Crippen molar-refractivity contribution in [3.8, 4) is 17.0 Å². The van der Waals surface area contributed by atoms with Gasteiger partial charge in [-0.2, -0.15) is 9.37 Å². The molecule has 2 heterocycles. The molecule has 0 aliphatic carbocycles. The summed E-state index contributed by atoms with van der Waals surface area (Å²) in [5.74, 6) is -2.55. The molecule has 0 aliphatic rings. The zero-order valence-corrected chi connectivity index (χ0v) is 21.7. The van der Waals surface area contributed by atoms with Gasteiger partial charge in [0.05, 0.1) is 10.9 Å². The molecule has 0 aliphatic heterocycles. The Balaban J connectivity index is 1.87. The standard InChI is InChI=1S/C27H25F2N3O5S/c1-4-37-15-23-31-26(33)24(27(34)32(23)17(3)18-8-6-5-7-9-18)38(35,36)19-10-11-21(22(28)14-19)20-12-13-30-25(29)16(20)2/h5-14,17,34H,4,15H2,1-3H3/t17-/m0/s1. The number of hydrogen-bond donors (Lipinski definition) is 1. The molecule has 0 fully saturated rings. The second kappa shape index (κ2) is 10.8. The molecule has 1 N–H and O–H groups in total. The van der Waals surface area contributed by atoms with E-state index in [0.29, 0.717) is 12.2 Å². The monoisotopic (exact) mass is 541 g/mol. The summed E-state index contributed by atoms with van der Waals surface area (Å²) in [6.07, 6.45) is 1.17. The Hall–Kier alpha value is -3.96. The second-order valence-electron chi connectivity index (χ2n) is 8.50. The van der Waals surface area contributed by atoms with Gasteiger partial charge in [-0.1, -0.05) is 36.4 Å². The van der Waals surface area contributed by atoms with Crippen molar-refractivity contribution in [2.75, 3.05) is 6.61 Å². The molecule has 0 unspecified atom stereocenters. The molecule has 2 aromatic carbocycles. The van der Waals surface area contributed by atoms with Crippen LogP contribution in [0.1, 0.15) is 36.8 Å². The van der Waals surface area contributed by atoms with Crippen LogP contribution in [-0.4, -0.2) is 34.7 Å². The molecule has 4 rings (SSSR count). The molecule has 0 saturated carbocycles. The normalized spacial score (nSPS) is 12.4. The summed E-state index contributed by atoms with van der Waals surface area (Å²) in [4.78, 5) is 18.8. The lowest BCUT2D eigenvalue weighted by Crippen LogP contribution is -2.27. The molecule has 1 atom stereocenters. The van der Waals surface area contributed by atoms with Crippen LogP contribution < -0.4 is 5.56 Å². The Morgan fingerprint density at radius 2 is 1.79 bits per heavy atom. The van der Waals surface area contributed by atoms with Gasteiger partial charge in [-0.15, -0.1) is 0 Å². The Labute approximate surface area is 218 Å². The van der Waals surface area contributed by atoms with Gasteiger partial charge in [0.25, 0.3) is 5.56 Å². The first-order valence-electron chi connectivity index (χ1n) is 11.7. The van der Waals surface area contributed by atoms with E-state index in [-0.39, 0.29) is 29.1 Å². The fourth-order valence-electron chi connectivity index (χ4n) is 4.17. The van der Waals surface area contributed by atoms with E-state index in [1.165, 1.54) is 29.8 Å². The van der Waals surface area contributed by atoms with Gasteiger partial charge in [-0.3, -0.25) is 9.36 Å². The maximum absolute atomic E-state index is 15.1. The Morgan fingerprint density at radius 1 is 1.08 bits per heavy atom. The average molecular weight is 542 g/mol. The van der Waals surface area contributed by atoms with Gasteiger partial charge in [-0.25, -0.2) is 17.8 Å². The van der Waals surface area contributed by atoms with Crippen LogP contribution in [0.4, 0.5) is 8.78 Å². The van der Waals surface area contributed by atoms with Gasteiger partial charge in [-0.05, 0) is 50.1 Å². The number of hydrogen-bond acceptors (Lipinski definition) is 7. The first kappa shape index (κ1) is 27.1. The van der Waals surface area contributed by atoms with Crippen LogP contribution in [0.2, 0.25) is 0 Å². The van der Waals surface area contributed by atoms with E-state index < -0.39 is 48.9 Å². The number of ether oxygens (including phenoxy) is 1. The molecular weight excluding hydrogens is 516 g/mol. The van der Waals surface area contributed by atoms with Crippen molar-refractivity contribution in [3.63, 3.8) is 0 Å². The zero-order valence-electron chi connectivity index (χ0n) is 20.9. The summed E-state index contributed by atoms with van der Waals surface area (Å²) in [7, 11) is -4.73. The number of sulfone groups is 1. The summed E-state index contributed by atoms with van der Waals surface area (Å²) in [6, 6.07) is 12.7. The number of benzene rings is 2. The van der Waals surface area contributed by atoms with Crippen LogP contribution in [0.3, 0.4) is 0 Å². The van der Waals surface area contributed by atoms with Crippen LogP contribution >= 0.6 is 0 Å². The van der Waals surface area contributed by atoms with Gasteiger partial charge in [0, 0.05) is 23.9 Å². The van der Waals surface area contributed by atoms with Crippen LogP contribution in [0.15, 0.2) is 75.4 Å². The SMILES string of the molecule is CCOCc1nc(=O)c(S(=O)(=O)c2ccc(-c3ccnc(F)c3C)c(F)c2)c(O)n1[C@@H](C)c1ccccc1. The lowest BCUT2D eigenvalue weighted by atomic mass is 10.0. The largest absolute Gasteiger partial charge is 0.493 e. The van der Waals surface area contributed by atoms with Crippen molar-refractivity contribution >= 4 is 9.84 Å². The molecule has 0 saturated heterocycles.